The lowest BCUT2D eigenvalue weighted by Gasteiger charge is -2.08. The SMILES string of the molecule is COc1cc(C)c(B(O)O)cc1Cl. The van der Waals surface area contributed by atoms with Crippen LogP contribution in [0.5, 0.6) is 5.75 Å². The molecule has 1 aromatic rings. The molecule has 0 radical (unpaired) electrons. The van der Waals surface area contributed by atoms with Gasteiger partial charge in [-0.2, -0.15) is 0 Å². The number of ether oxygens (including phenoxy) is 1. The van der Waals surface area contributed by atoms with E-state index in [0.717, 1.165) is 5.56 Å². The Bertz CT molecular complexity index is 315. The summed E-state index contributed by atoms with van der Waals surface area (Å²) >= 11 is 5.80. The Morgan fingerprint density at radius 2 is 2.00 bits per heavy atom. The predicted octanol–water partition coefficient (Wildman–Crippen LogP) is 0.337. The molecule has 0 spiro atoms. The molecular formula is C8H10BClO3. The van der Waals surface area contributed by atoms with Gasteiger partial charge in [0.25, 0.3) is 0 Å². The van der Waals surface area contributed by atoms with Crippen LogP contribution >= 0.6 is 11.6 Å². The number of hydrogen-bond acceptors (Lipinski definition) is 3. The van der Waals surface area contributed by atoms with Crippen molar-refractivity contribution in [3.05, 3.63) is 22.7 Å². The molecule has 3 nitrogen and oxygen atoms in total. The maximum Gasteiger partial charge on any atom is 0.488 e. The van der Waals surface area contributed by atoms with Crippen LogP contribution in [0.3, 0.4) is 0 Å². The summed E-state index contributed by atoms with van der Waals surface area (Å²) in [5.41, 5.74) is 1.13. The van der Waals surface area contributed by atoms with Crippen molar-refractivity contribution in [1.29, 1.82) is 0 Å². The lowest BCUT2D eigenvalue weighted by Crippen LogP contribution is -2.32. The summed E-state index contributed by atoms with van der Waals surface area (Å²) < 4.78 is 4.97. The molecule has 70 valence electrons. The van der Waals surface area contributed by atoms with Crippen LogP contribution in [0.4, 0.5) is 0 Å². The number of halogens is 1. The lowest BCUT2D eigenvalue weighted by atomic mass is 9.77. The van der Waals surface area contributed by atoms with Crippen molar-refractivity contribution in [2.75, 3.05) is 7.11 Å². The van der Waals surface area contributed by atoms with Crippen LogP contribution in [0, 0.1) is 6.92 Å². The molecule has 0 aromatic heterocycles. The number of hydrogen-bond donors (Lipinski definition) is 2. The zero-order chi connectivity index (χ0) is 10.0. The van der Waals surface area contributed by atoms with E-state index in [1.54, 1.807) is 13.0 Å². The monoisotopic (exact) mass is 200 g/mol. The second kappa shape index (κ2) is 4.00. The molecule has 0 atom stereocenters. The van der Waals surface area contributed by atoms with E-state index in [4.69, 9.17) is 26.4 Å². The van der Waals surface area contributed by atoms with Gasteiger partial charge in [0, 0.05) is 0 Å². The number of methoxy groups -OCH3 is 1. The number of aryl methyl sites for hydroxylation is 1. The molecule has 0 aliphatic heterocycles. The van der Waals surface area contributed by atoms with E-state index in [0.29, 0.717) is 16.2 Å². The summed E-state index contributed by atoms with van der Waals surface area (Å²) in [4.78, 5) is 0. The first-order chi connectivity index (χ1) is 6.06. The van der Waals surface area contributed by atoms with Crippen LogP contribution in [-0.4, -0.2) is 24.3 Å². The summed E-state index contributed by atoms with van der Waals surface area (Å²) in [7, 11) is 0.0128. The lowest BCUT2D eigenvalue weighted by molar-refractivity contribution is 0.414. The van der Waals surface area contributed by atoms with Gasteiger partial charge >= 0.3 is 7.12 Å². The summed E-state index contributed by atoms with van der Waals surface area (Å²) in [6.45, 7) is 1.76. The molecule has 0 bridgehead atoms. The molecule has 0 aliphatic rings. The van der Waals surface area contributed by atoms with Gasteiger partial charge in [-0.05, 0) is 30.1 Å². The third-order valence-electron chi connectivity index (χ3n) is 1.82. The molecule has 0 heterocycles. The van der Waals surface area contributed by atoms with Crippen molar-refractivity contribution in [3.63, 3.8) is 0 Å². The van der Waals surface area contributed by atoms with Gasteiger partial charge in [-0.15, -0.1) is 0 Å². The minimum absolute atomic E-state index is 0.371. The number of rotatable bonds is 2. The van der Waals surface area contributed by atoms with Crippen molar-refractivity contribution in [2.45, 2.75) is 6.92 Å². The zero-order valence-electron chi connectivity index (χ0n) is 7.41. The van der Waals surface area contributed by atoms with Crippen LogP contribution in [0.15, 0.2) is 12.1 Å². The van der Waals surface area contributed by atoms with Crippen LogP contribution < -0.4 is 10.2 Å². The molecule has 1 rings (SSSR count). The van der Waals surface area contributed by atoms with Crippen LogP contribution in [-0.2, 0) is 0 Å². The van der Waals surface area contributed by atoms with Crippen molar-refractivity contribution in [2.24, 2.45) is 0 Å². The molecule has 0 unspecified atom stereocenters. The van der Waals surface area contributed by atoms with Gasteiger partial charge in [0.2, 0.25) is 0 Å². The number of benzene rings is 1. The maximum atomic E-state index is 8.95. The second-order valence-electron chi connectivity index (χ2n) is 2.72. The third-order valence-corrected chi connectivity index (χ3v) is 2.11. The highest BCUT2D eigenvalue weighted by molar-refractivity contribution is 6.59. The van der Waals surface area contributed by atoms with E-state index < -0.39 is 7.12 Å². The van der Waals surface area contributed by atoms with Crippen LogP contribution in [0.25, 0.3) is 0 Å². The van der Waals surface area contributed by atoms with E-state index in [1.165, 1.54) is 13.2 Å². The molecule has 0 saturated heterocycles. The molecule has 2 N–H and O–H groups in total. The first-order valence-corrected chi connectivity index (χ1v) is 4.14. The minimum atomic E-state index is -1.50. The van der Waals surface area contributed by atoms with E-state index in [-0.39, 0.29) is 0 Å². The summed E-state index contributed by atoms with van der Waals surface area (Å²) in [5, 5.41) is 18.3. The van der Waals surface area contributed by atoms with Gasteiger partial charge in [0.05, 0.1) is 12.1 Å². The molecule has 0 amide bonds. The summed E-state index contributed by atoms with van der Waals surface area (Å²) in [6, 6.07) is 3.15. The molecule has 1 aromatic carbocycles. The molecule has 0 aliphatic carbocycles. The highest BCUT2D eigenvalue weighted by atomic mass is 35.5. The van der Waals surface area contributed by atoms with E-state index in [2.05, 4.69) is 0 Å². The summed E-state index contributed by atoms with van der Waals surface area (Å²) in [5.74, 6) is 0.531. The van der Waals surface area contributed by atoms with Gasteiger partial charge in [-0.3, -0.25) is 0 Å². The smallest absolute Gasteiger partial charge is 0.488 e. The average Bonchev–Trinajstić information content (AvgIpc) is 2.07. The Balaban J connectivity index is 3.20. The van der Waals surface area contributed by atoms with E-state index in [9.17, 15) is 0 Å². The normalized spacial score (nSPS) is 9.92. The van der Waals surface area contributed by atoms with Crippen molar-refractivity contribution >= 4 is 24.2 Å². The van der Waals surface area contributed by atoms with E-state index in [1.807, 2.05) is 0 Å². The third kappa shape index (κ3) is 2.15. The Hall–Kier alpha value is -0.705. The second-order valence-corrected chi connectivity index (χ2v) is 3.12. The fourth-order valence-corrected chi connectivity index (χ4v) is 1.35. The Morgan fingerprint density at radius 3 is 2.46 bits per heavy atom. The first-order valence-electron chi connectivity index (χ1n) is 3.76. The topological polar surface area (TPSA) is 49.7 Å². The Kier molecular flexibility index (Phi) is 3.19. The van der Waals surface area contributed by atoms with E-state index >= 15 is 0 Å². The fourth-order valence-electron chi connectivity index (χ4n) is 1.11. The molecular weight excluding hydrogens is 190 g/mol. The van der Waals surface area contributed by atoms with Crippen molar-refractivity contribution in [1.82, 2.24) is 0 Å². The Labute approximate surface area is 82.1 Å². The van der Waals surface area contributed by atoms with Gasteiger partial charge in [0.1, 0.15) is 5.75 Å². The van der Waals surface area contributed by atoms with Gasteiger partial charge in [-0.1, -0.05) is 11.6 Å². The highest BCUT2D eigenvalue weighted by Gasteiger charge is 2.16. The highest BCUT2D eigenvalue weighted by Crippen LogP contribution is 2.23. The largest absolute Gasteiger partial charge is 0.495 e. The minimum Gasteiger partial charge on any atom is -0.495 e. The standard InChI is InChI=1S/C8H10BClO3/c1-5-3-8(13-2)7(10)4-6(5)9(11)12/h3-4,11-12H,1-2H3. The maximum absolute atomic E-state index is 8.95. The molecule has 0 saturated carbocycles. The Morgan fingerprint density at radius 1 is 1.38 bits per heavy atom. The fraction of sp³-hybridized carbons (Fsp3) is 0.250. The average molecular weight is 200 g/mol. The van der Waals surface area contributed by atoms with Crippen LogP contribution in [0.2, 0.25) is 5.02 Å². The van der Waals surface area contributed by atoms with Crippen molar-refractivity contribution in [3.8, 4) is 5.75 Å². The molecule has 5 heteroatoms. The van der Waals surface area contributed by atoms with Crippen LogP contribution in [0.1, 0.15) is 5.56 Å². The zero-order valence-corrected chi connectivity index (χ0v) is 8.17. The predicted molar refractivity (Wildman–Crippen MR) is 52.6 cm³/mol. The molecule has 0 fully saturated rings. The molecule has 13 heavy (non-hydrogen) atoms. The van der Waals surface area contributed by atoms with Gasteiger partial charge < -0.3 is 14.8 Å². The van der Waals surface area contributed by atoms with Gasteiger partial charge in [0.15, 0.2) is 0 Å². The quantitative estimate of drug-likeness (QED) is 0.677. The van der Waals surface area contributed by atoms with Crippen molar-refractivity contribution < 1.29 is 14.8 Å². The summed E-state index contributed by atoms with van der Waals surface area (Å²) in [6.07, 6.45) is 0. The first kappa shape index (κ1) is 10.4. The van der Waals surface area contributed by atoms with Gasteiger partial charge in [-0.25, -0.2) is 0 Å².